The average molecular weight is 251 g/mol. The fourth-order valence-electron chi connectivity index (χ4n) is 1.50. The maximum atomic E-state index is 11.2. The third-order valence-corrected chi connectivity index (χ3v) is 2.57. The predicted molar refractivity (Wildman–Crippen MR) is 71.8 cm³/mol. The molecule has 4 nitrogen and oxygen atoms in total. The Hall–Kier alpha value is -1.55. The van der Waals surface area contributed by atoms with E-state index < -0.39 is 5.60 Å². The lowest BCUT2D eigenvalue weighted by Gasteiger charge is -2.25. The Balaban J connectivity index is 2.63. The molecule has 1 aromatic rings. The van der Waals surface area contributed by atoms with Crippen LogP contribution in [0.5, 0.6) is 5.75 Å². The molecule has 0 aliphatic heterocycles. The van der Waals surface area contributed by atoms with E-state index in [1.807, 2.05) is 32.9 Å². The SMILES string of the molecule is CCC(=O)Nc1ccc(OC(C)(C)CCO)cc1. The number of hydrogen-bond acceptors (Lipinski definition) is 3. The lowest BCUT2D eigenvalue weighted by Crippen LogP contribution is -2.29. The molecule has 0 saturated carbocycles. The summed E-state index contributed by atoms with van der Waals surface area (Å²) in [6, 6.07) is 7.23. The van der Waals surface area contributed by atoms with Gasteiger partial charge in [0.05, 0.1) is 0 Å². The maximum Gasteiger partial charge on any atom is 0.224 e. The number of aliphatic hydroxyl groups is 1. The van der Waals surface area contributed by atoms with Crippen molar-refractivity contribution < 1.29 is 14.6 Å². The van der Waals surface area contributed by atoms with Crippen LogP contribution in [0.2, 0.25) is 0 Å². The maximum absolute atomic E-state index is 11.2. The van der Waals surface area contributed by atoms with Crippen molar-refractivity contribution in [3.63, 3.8) is 0 Å². The van der Waals surface area contributed by atoms with Gasteiger partial charge in [-0.05, 0) is 38.1 Å². The number of carbonyl (C=O) groups excluding carboxylic acids is 1. The molecule has 0 spiro atoms. The molecule has 0 fully saturated rings. The number of ether oxygens (including phenoxy) is 1. The minimum atomic E-state index is -0.400. The van der Waals surface area contributed by atoms with Crippen molar-refractivity contribution in [2.45, 2.75) is 39.2 Å². The standard InChI is InChI=1S/C14H21NO3/c1-4-13(17)15-11-5-7-12(8-6-11)18-14(2,3)9-10-16/h5-8,16H,4,9-10H2,1-3H3,(H,15,17). The molecule has 0 aliphatic carbocycles. The van der Waals surface area contributed by atoms with E-state index in [-0.39, 0.29) is 12.5 Å². The number of amides is 1. The number of benzene rings is 1. The number of carbonyl (C=O) groups is 1. The van der Waals surface area contributed by atoms with Crippen LogP contribution in [0.1, 0.15) is 33.6 Å². The Labute approximate surface area is 108 Å². The Bertz CT molecular complexity index is 385. The van der Waals surface area contributed by atoms with Crippen LogP contribution < -0.4 is 10.1 Å². The van der Waals surface area contributed by atoms with Crippen LogP contribution >= 0.6 is 0 Å². The summed E-state index contributed by atoms with van der Waals surface area (Å²) in [7, 11) is 0. The van der Waals surface area contributed by atoms with E-state index in [0.29, 0.717) is 12.8 Å². The fourth-order valence-corrected chi connectivity index (χ4v) is 1.50. The van der Waals surface area contributed by atoms with Crippen LogP contribution in [-0.2, 0) is 4.79 Å². The first-order valence-electron chi connectivity index (χ1n) is 6.16. The lowest BCUT2D eigenvalue weighted by atomic mass is 10.1. The van der Waals surface area contributed by atoms with Gasteiger partial charge in [0.15, 0.2) is 0 Å². The highest BCUT2D eigenvalue weighted by Crippen LogP contribution is 2.22. The Morgan fingerprint density at radius 3 is 2.44 bits per heavy atom. The Kier molecular flexibility index (Phi) is 5.16. The number of anilines is 1. The van der Waals surface area contributed by atoms with Gasteiger partial charge in [0.25, 0.3) is 0 Å². The molecule has 0 saturated heterocycles. The normalized spacial score (nSPS) is 11.1. The van der Waals surface area contributed by atoms with E-state index in [1.165, 1.54) is 0 Å². The summed E-state index contributed by atoms with van der Waals surface area (Å²) < 4.78 is 5.76. The first kappa shape index (κ1) is 14.5. The second kappa shape index (κ2) is 6.40. The van der Waals surface area contributed by atoms with Gasteiger partial charge in [-0.1, -0.05) is 6.92 Å². The zero-order chi connectivity index (χ0) is 13.6. The van der Waals surface area contributed by atoms with Gasteiger partial charge < -0.3 is 15.2 Å². The minimum absolute atomic E-state index is 0.00993. The van der Waals surface area contributed by atoms with Crippen molar-refractivity contribution in [2.75, 3.05) is 11.9 Å². The predicted octanol–water partition coefficient (Wildman–Crippen LogP) is 2.57. The molecule has 0 unspecified atom stereocenters. The summed E-state index contributed by atoms with van der Waals surface area (Å²) in [5, 5.41) is 11.7. The van der Waals surface area contributed by atoms with E-state index >= 15 is 0 Å². The zero-order valence-electron chi connectivity index (χ0n) is 11.2. The summed E-state index contributed by atoms with van der Waals surface area (Å²) in [6.07, 6.45) is 1.03. The molecule has 0 aromatic heterocycles. The molecule has 0 radical (unpaired) electrons. The molecule has 18 heavy (non-hydrogen) atoms. The molecule has 1 aromatic carbocycles. The highest BCUT2D eigenvalue weighted by Gasteiger charge is 2.18. The molecule has 1 amide bonds. The molecule has 0 heterocycles. The second-order valence-corrected chi connectivity index (χ2v) is 4.76. The van der Waals surface area contributed by atoms with Gasteiger partial charge in [0.1, 0.15) is 11.4 Å². The van der Waals surface area contributed by atoms with Crippen molar-refractivity contribution in [1.29, 1.82) is 0 Å². The average Bonchev–Trinajstić information content (AvgIpc) is 2.31. The Morgan fingerprint density at radius 2 is 1.94 bits per heavy atom. The van der Waals surface area contributed by atoms with Crippen LogP contribution in [0, 0.1) is 0 Å². The zero-order valence-corrected chi connectivity index (χ0v) is 11.2. The fraction of sp³-hybridized carbons (Fsp3) is 0.500. The van der Waals surface area contributed by atoms with Crippen LogP contribution in [0.25, 0.3) is 0 Å². The summed E-state index contributed by atoms with van der Waals surface area (Å²) in [4.78, 5) is 11.2. The highest BCUT2D eigenvalue weighted by atomic mass is 16.5. The smallest absolute Gasteiger partial charge is 0.224 e. The van der Waals surface area contributed by atoms with E-state index in [1.54, 1.807) is 12.1 Å². The molecule has 0 aliphatic rings. The molecular formula is C14H21NO3. The second-order valence-electron chi connectivity index (χ2n) is 4.76. The number of aliphatic hydroxyl groups excluding tert-OH is 1. The van der Waals surface area contributed by atoms with Gasteiger partial charge in [-0.2, -0.15) is 0 Å². The van der Waals surface area contributed by atoms with Crippen molar-refractivity contribution >= 4 is 11.6 Å². The highest BCUT2D eigenvalue weighted by molar-refractivity contribution is 5.90. The van der Waals surface area contributed by atoms with Crippen LogP contribution in [0.3, 0.4) is 0 Å². The quantitative estimate of drug-likeness (QED) is 0.817. The monoisotopic (exact) mass is 251 g/mol. The van der Waals surface area contributed by atoms with Crippen LogP contribution in [0.15, 0.2) is 24.3 Å². The minimum Gasteiger partial charge on any atom is -0.488 e. The van der Waals surface area contributed by atoms with E-state index in [2.05, 4.69) is 5.32 Å². The molecule has 1 rings (SSSR count). The van der Waals surface area contributed by atoms with E-state index in [4.69, 9.17) is 9.84 Å². The molecule has 0 atom stereocenters. The van der Waals surface area contributed by atoms with E-state index in [9.17, 15) is 4.79 Å². The molecule has 4 heteroatoms. The topological polar surface area (TPSA) is 58.6 Å². The van der Waals surface area contributed by atoms with Gasteiger partial charge in [-0.25, -0.2) is 0 Å². The third-order valence-electron chi connectivity index (χ3n) is 2.57. The summed E-state index contributed by atoms with van der Waals surface area (Å²) in [5.74, 6) is 0.715. The van der Waals surface area contributed by atoms with Crippen LogP contribution in [0.4, 0.5) is 5.69 Å². The number of hydrogen-bond donors (Lipinski definition) is 2. The Morgan fingerprint density at radius 1 is 1.33 bits per heavy atom. The summed E-state index contributed by atoms with van der Waals surface area (Å²) >= 11 is 0. The first-order chi connectivity index (χ1) is 8.46. The third kappa shape index (κ3) is 4.75. The van der Waals surface area contributed by atoms with Gasteiger partial charge in [0.2, 0.25) is 5.91 Å². The van der Waals surface area contributed by atoms with Crippen molar-refractivity contribution in [3.05, 3.63) is 24.3 Å². The summed E-state index contributed by atoms with van der Waals surface area (Å²) in [5.41, 5.74) is 0.359. The van der Waals surface area contributed by atoms with Gasteiger partial charge >= 0.3 is 0 Å². The van der Waals surface area contributed by atoms with Crippen molar-refractivity contribution in [3.8, 4) is 5.75 Å². The van der Waals surface area contributed by atoms with Crippen molar-refractivity contribution in [1.82, 2.24) is 0 Å². The molecule has 100 valence electrons. The number of rotatable bonds is 6. The largest absolute Gasteiger partial charge is 0.488 e. The van der Waals surface area contributed by atoms with Gasteiger partial charge in [0, 0.05) is 25.1 Å². The molecule has 2 N–H and O–H groups in total. The van der Waals surface area contributed by atoms with Gasteiger partial charge in [-0.3, -0.25) is 4.79 Å². The molecular weight excluding hydrogens is 230 g/mol. The number of nitrogens with one attached hydrogen (secondary N) is 1. The van der Waals surface area contributed by atoms with Gasteiger partial charge in [-0.15, -0.1) is 0 Å². The first-order valence-corrected chi connectivity index (χ1v) is 6.16. The summed E-state index contributed by atoms with van der Waals surface area (Å²) in [6.45, 7) is 5.76. The lowest BCUT2D eigenvalue weighted by molar-refractivity contribution is -0.115. The van der Waals surface area contributed by atoms with E-state index in [0.717, 1.165) is 11.4 Å². The van der Waals surface area contributed by atoms with Crippen molar-refractivity contribution in [2.24, 2.45) is 0 Å². The molecule has 0 bridgehead atoms. The van der Waals surface area contributed by atoms with Crippen LogP contribution in [-0.4, -0.2) is 23.2 Å².